The molecule has 2 heteroatoms. The molecule has 2 nitrogen and oxygen atoms in total. The second kappa shape index (κ2) is 3.45. The Morgan fingerprint density at radius 3 is 2.59 bits per heavy atom. The van der Waals surface area contributed by atoms with Gasteiger partial charge in [-0.2, -0.15) is 0 Å². The Balaban J connectivity index is 2.49. The van der Waals surface area contributed by atoms with Crippen LogP contribution in [0.15, 0.2) is 45.6 Å². The van der Waals surface area contributed by atoms with Crippen molar-refractivity contribution in [2.45, 2.75) is 13.8 Å². The average Bonchev–Trinajstić information content (AvgIpc) is 2.26. The van der Waals surface area contributed by atoms with Crippen LogP contribution in [0.1, 0.15) is 11.1 Å². The van der Waals surface area contributed by atoms with Crippen LogP contribution in [-0.4, -0.2) is 0 Å². The normalized spacial score (nSPS) is 11.2. The van der Waals surface area contributed by atoms with Gasteiger partial charge in [0.05, 0.1) is 5.56 Å². The van der Waals surface area contributed by atoms with Gasteiger partial charge in [-0.15, -0.1) is 0 Å². The molecule has 1 aliphatic heterocycles. The third-order valence-electron chi connectivity index (χ3n) is 2.94. The Labute approximate surface area is 98.8 Å². The number of rotatable bonds is 0. The third kappa shape index (κ3) is 1.62. The van der Waals surface area contributed by atoms with Crippen LogP contribution in [0, 0.1) is 13.8 Å². The molecule has 0 amide bonds. The maximum absolute atomic E-state index is 11.9. The zero-order valence-corrected chi connectivity index (χ0v) is 9.78. The zero-order valence-electron chi connectivity index (χ0n) is 9.78. The largest absolute Gasteiger partial charge is 0.456 e. The van der Waals surface area contributed by atoms with Gasteiger partial charge in [0.25, 0.3) is 0 Å². The molecule has 1 heterocycles. The molecular weight excluding hydrogens is 212 g/mol. The van der Waals surface area contributed by atoms with Crippen LogP contribution in [-0.2, 0) is 0 Å². The van der Waals surface area contributed by atoms with Crippen molar-refractivity contribution in [3.8, 4) is 11.3 Å². The molecule has 1 aromatic rings. The molecule has 0 bridgehead atoms. The molecule has 0 unspecified atom stereocenters. The molecule has 0 saturated heterocycles. The summed E-state index contributed by atoms with van der Waals surface area (Å²) in [7, 11) is 0. The summed E-state index contributed by atoms with van der Waals surface area (Å²) in [6, 6.07) is 11.4. The Bertz CT molecular complexity index is 738. The number of hydrogen-bond donors (Lipinski definition) is 0. The molecule has 1 aliphatic carbocycles. The Morgan fingerprint density at radius 1 is 0.941 bits per heavy atom. The molecule has 17 heavy (non-hydrogen) atoms. The summed E-state index contributed by atoms with van der Waals surface area (Å²) < 4.78 is 5.79. The van der Waals surface area contributed by atoms with Gasteiger partial charge in [-0.3, -0.25) is 4.79 Å². The monoisotopic (exact) mass is 224 g/mol. The minimum Gasteiger partial charge on any atom is -0.456 e. The molecular formula is C15H12O2. The fourth-order valence-electron chi connectivity index (χ4n) is 2.08. The van der Waals surface area contributed by atoms with Gasteiger partial charge >= 0.3 is 0 Å². The lowest BCUT2D eigenvalue weighted by atomic mass is 10.0. The molecule has 3 rings (SSSR count). The SMILES string of the molecule is Cc1cc2oc3cc(C)ccc3cc-2c(=O)c1. The molecule has 0 fully saturated rings. The summed E-state index contributed by atoms with van der Waals surface area (Å²) in [5, 5.41) is 0.962. The summed E-state index contributed by atoms with van der Waals surface area (Å²) in [6.07, 6.45) is 0. The first-order valence-electron chi connectivity index (χ1n) is 5.58. The standard InChI is InChI=1S/C15H12O2/c1-9-3-4-11-8-12-13(16)5-10(2)7-15(12)17-14(11)6-9/h3-8H,1-2H3. The van der Waals surface area contributed by atoms with Gasteiger partial charge in [-0.25, -0.2) is 0 Å². The lowest BCUT2D eigenvalue weighted by Crippen LogP contribution is -2.04. The topological polar surface area (TPSA) is 30.2 Å². The highest BCUT2D eigenvalue weighted by molar-refractivity contribution is 5.83. The summed E-state index contributed by atoms with van der Waals surface area (Å²) in [4.78, 5) is 11.9. The van der Waals surface area contributed by atoms with E-state index in [9.17, 15) is 4.79 Å². The summed E-state index contributed by atoms with van der Waals surface area (Å²) in [5.74, 6) is 0.660. The first-order chi connectivity index (χ1) is 8.13. The average molecular weight is 224 g/mol. The second-order valence-corrected chi connectivity index (χ2v) is 4.46. The fourth-order valence-corrected chi connectivity index (χ4v) is 2.08. The molecule has 1 aromatic carbocycles. The number of hydrogen-bond acceptors (Lipinski definition) is 2. The molecule has 0 N–H and O–H groups in total. The predicted octanol–water partition coefficient (Wildman–Crippen LogP) is 3.51. The van der Waals surface area contributed by atoms with E-state index >= 15 is 0 Å². The highest BCUT2D eigenvalue weighted by Crippen LogP contribution is 2.26. The van der Waals surface area contributed by atoms with E-state index in [0.29, 0.717) is 11.3 Å². The maximum Gasteiger partial charge on any atom is 0.189 e. The number of aryl methyl sites for hydroxylation is 2. The highest BCUT2D eigenvalue weighted by atomic mass is 16.3. The Hall–Kier alpha value is -2.09. The minimum atomic E-state index is 0.0197. The predicted molar refractivity (Wildman–Crippen MR) is 68.6 cm³/mol. The lowest BCUT2D eigenvalue weighted by Gasteiger charge is -2.07. The van der Waals surface area contributed by atoms with E-state index in [-0.39, 0.29) is 5.43 Å². The van der Waals surface area contributed by atoms with Crippen LogP contribution in [0.3, 0.4) is 0 Å². The highest BCUT2D eigenvalue weighted by Gasteiger charge is 2.11. The zero-order chi connectivity index (χ0) is 12.0. The molecule has 2 aliphatic rings. The molecule has 0 spiro atoms. The van der Waals surface area contributed by atoms with Crippen molar-refractivity contribution in [3.63, 3.8) is 0 Å². The smallest absolute Gasteiger partial charge is 0.189 e. The van der Waals surface area contributed by atoms with Gasteiger partial charge in [0, 0.05) is 5.39 Å². The second-order valence-electron chi connectivity index (χ2n) is 4.46. The summed E-state index contributed by atoms with van der Waals surface area (Å²) >= 11 is 0. The van der Waals surface area contributed by atoms with Crippen molar-refractivity contribution in [1.29, 1.82) is 0 Å². The molecule has 0 saturated carbocycles. The van der Waals surface area contributed by atoms with Crippen LogP contribution in [0.5, 0.6) is 0 Å². The fraction of sp³-hybridized carbons (Fsp3) is 0.133. The van der Waals surface area contributed by atoms with E-state index in [1.165, 1.54) is 0 Å². The van der Waals surface area contributed by atoms with Crippen LogP contribution in [0.4, 0.5) is 0 Å². The van der Waals surface area contributed by atoms with Crippen molar-refractivity contribution < 1.29 is 4.42 Å². The lowest BCUT2D eigenvalue weighted by molar-refractivity contribution is 0.618. The number of benzene rings is 2. The van der Waals surface area contributed by atoms with Crippen LogP contribution < -0.4 is 5.43 Å². The van der Waals surface area contributed by atoms with E-state index in [4.69, 9.17) is 4.42 Å². The van der Waals surface area contributed by atoms with Gasteiger partial charge < -0.3 is 4.42 Å². The summed E-state index contributed by atoms with van der Waals surface area (Å²) in [6.45, 7) is 3.92. The van der Waals surface area contributed by atoms with Crippen LogP contribution >= 0.6 is 0 Å². The number of fused-ring (bicyclic) bond motifs is 2. The molecule has 0 aromatic heterocycles. The van der Waals surface area contributed by atoms with Crippen molar-refractivity contribution in [2.75, 3.05) is 0 Å². The first-order valence-corrected chi connectivity index (χ1v) is 5.58. The quantitative estimate of drug-likeness (QED) is 0.547. The maximum atomic E-state index is 11.9. The van der Waals surface area contributed by atoms with E-state index in [0.717, 1.165) is 22.1 Å². The van der Waals surface area contributed by atoms with E-state index in [2.05, 4.69) is 0 Å². The molecule has 0 atom stereocenters. The third-order valence-corrected chi connectivity index (χ3v) is 2.94. The Morgan fingerprint density at radius 2 is 1.76 bits per heavy atom. The van der Waals surface area contributed by atoms with E-state index < -0.39 is 0 Å². The van der Waals surface area contributed by atoms with E-state index in [1.807, 2.05) is 44.2 Å². The molecule has 84 valence electrons. The van der Waals surface area contributed by atoms with E-state index in [1.54, 1.807) is 6.07 Å². The molecule has 0 radical (unpaired) electrons. The van der Waals surface area contributed by atoms with Crippen molar-refractivity contribution in [1.82, 2.24) is 0 Å². The summed E-state index contributed by atoms with van der Waals surface area (Å²) in [5.41, 5.74) is 3.56. The van der Waals surface area contributed by atoms with Crippen LogP contribution in [0.25, 0.3) is 22.3 Å². The van der Waals surface area contributed by atoms with Gasteiger partial charge in [0.1, 0.15) is 11.3 Å². The van der Waals surface area contributed by atoms with Crippen molar-refractivity contribution >= 4 is 11.0 Å². The van der Waals surface area contributed by atoms with Gasteiger partial charge in [-0.1, -0.05) is 12.1 Å². The van der Waals surface area contributed by atoms with Crippen molar-refractivity contribution in [2.24, 2.45) is 0 Å². The van der Waals surface area contributed by atoms with Gasteiger partial charge in [0.15, 0.2) is 5.43 Å². The minimum absolute atomic E-state index is 0.0197. The van der Waals surface area contributed by atoms with Crippen molar-refractivity contribution in [3.05, 3.63) is 57.7 Å². The first kappa shape index (κ1) is 10.1. The Kier molecular flexibility index (Phi) is 2.05. The van der Waals surface area contributed by atoms with Gasteiger partial charge in [0.2, 0.25) is 0 Å². The van der Waals surface area contributed by atoms with Gasteiger partial charge in [-0.05, 0) is 49.2 Å². The van der Waals surface area contributed by atoms with Crippen LogP contribution in [0.2, 0.25) is 0 Å².